The van der Waals surface area contributed by atoms with Gasteiger partial charge in [-0.1, -0.05) is 6.92 Å². The van der Waals surface area contributed by atoms with Crippen LogP contribution < -0.4 is 16.4 Å². The molecule has 34 heavy (non-hydrogen) atoms. The average molecular weight is 474 g/mol. The predicted molar refractivity (Wildman–Crippen MR) is 121 cm³/mol. The Hall–Kier alpha value is -3.37. The van der Waals surface area contributed by atoms with Crippen LogP contribution in [0.2, 0.25) is 0 Å². The van der Waals surface area contributed by atoms with Gasteiger partial charge in [-0.25, -0.2) is 23.1 Å². The molecule has 0 atom stereocenters. The number of fused-ring (bicyclic) bond motifs is 1. The molecule has 2 aromatic heterocycles. The van der Waals surface area contributed by atoms with Gasteiger partial charge in [0.2, 0.25) is 17.8 Å². The van der Waals surface area contributed by atoms with E-state index in [-0.39, 0.29) is 17.9 Å². The van der Waals surface area contributed by atoms with Crippen LogP contribution in [-0.2, 0) is 4.79 Å². The molecule has 0 radical (unpaired) electrons. The molecule has 0 bridgehead atoms. The topological polar surface area (TPSA) is 111 Å². The Bertz CT molecular complexity index is 1230. The van der Waals surface area contributed by atoms with Crippen LogP contribution in [0, 0.1) is 22.9 Å². The van der Waals surface area contributed by atoms with Crippen LogP contribution in [0.25, 0.3) is 11.2 Å². The van der Waals surface area contributed by atoms with Gasteiger partial charge in [-0.3, -0.25) is 9.36 Å². The number of imidazole rings is 1. The van der Waals surface area contributed by atoms with Crippen molar-refractivity contribution in [3.8, 4) is 0 Å². The third-order valence-electron chi connectivity index (χ3n) is 7.13. The van der Waals surface area contributed by atoms with Crippen LogP contribution in [-0.4, -0.2) is 31.5 Å². The number of anilines is 3. The molecule has 0 unspecified atom stereocenters. The first-order valence-electron chi connectivity index (χ1n) is 11.5. The summed E-state index contributed by atoms with van der Waals surface area (Å²) in [6, 6.07) is 1.40. The van der Waals surface area contributed by atoms with Crippen molar-refractivity contribution in [3.63, 3.8) is 0 Å². The van der Waals surface area contributed by atoms with Crippen LogP contribution in [0.15, 0.2) is 18.3 Å². The Kier molecular flexibility index (Phi) is 5.57. The normalized spacial score (nSPS) is 23.0. The molecule has 8 nitrogen and oxygen atoms in total. The molecule has 180 valence electrons. The molecule has 2 heterocycles. The second-order valence-electron chi connectivity index (χ2n) is 9.51. The van der Waals surface area contributed by atoms with Crippen molar-refractivity contribution in [2.75, 3.05) is 10.6 Å². The summed E-state index contributed by atoms with van der Waals surface area (Å²) in [5.41, 5.74) is 5.45. The first-order valence-corrected chi connectivity index (χ1v) is 11.5. The molecule has 3 aromatic rings. The maximum Gasteiger partial charge on any atom is 0.224 e. The average Bonchev–Trinajstić information content (AvgIpc) is 3.11. The number of rotatable bonds is 6. The van der Waals surface area contributed by atoms with Gasteiger partial charge in [-0.15, -0.1) is 0 Å². The number of halogens is 3. The Labute approximate surface area is 194 Å². The summed E-state index contributed by atoms with van der Waals surface area (Å²) in [6.45, 7) is 1.85. The fraction of sp³-hybridized carbons (Fsp3) is 0.478. The van der Waals surface area contributed by atoms with E-state index >= 15 is 0 Å². The lowest BCUT2D eigenvalue weighted by molar-refractivity contribution is -0.128. The van der Waals surface area contributed by atoms with E-state index < -0.39 is 28.6 Å². The summed E-state index contributed by atoms with van der Waals surface area (Å²) in [4.78, 5) is 25.4. The van der Waals surface area contributed by atoms with E-state index in [4.69, 9.17) is 5.73 Å². The summed E-state index contributed by atoms with van der Waals surface area (Å²) in [7, 11) is 0. The fourth-order valence-corrected chi connectivity index (χ4v) is 4.65. The Morgan fingerprint density at radius 1 is 1.12 bits per heavy atom. The summed E-state index contributed by atoms with van der Waals surface area (Å²) in [6.07, 6.45) is 7.13. The molecule has 11 heteroatoms. The van der Waals surface area contributed by atoms with E-state index in [0.29, 0.717) is 61.0 Å². The van der Waals surface area contributed by atoms with Crippen LogP contribution in [0.1, 0.15) is 57.9 Å². The summed E-state index contributed by atoms with van der Waals surface area (Å²) < 4.78 is 44.0. The molecule has 4 N–H and O–H groups in total. The Morgan fingerprint density at radius 2 is 1.79 bits per heavy atom. The van der Waals surface area contributed by atoms with Gasteiger partial charge in [-0.05, 0) is 44.9 Å². The van der Waals surface area contributed by atoms with E-state index in [1.165, 1.54) is 0 Å². The molecule has 5 rings (SSSR count). The number of nitrogens with zero attached hydrogens (tertiary/aromatic N) is 4. The van der Waals surface area contributed by atoms with Gasteiger partial charge in [0, 0.05) is 29.6 Å². The Balaban J connectivity index is 1.55. The van der Waals surface area contributed by atoms with E-state index in [9.17, 15) is 18.0 Å². The van der Waals surface area contributed by atoms with Crippen molar-refractivity contribution in [1.29, 1.82) is 0 Å². The van der Waals surface area contributed by atoms with Crippen molar-refractivity contribution in [1.82, 2.24) is 19.5 Å². The zero-order valence-corrected chi connectivity index (χ0v) is 18.7. The lowest BCUT2D eigenvalue weighted by Crippen LogP contribution is -2.38. The van der Waals surface area contributed by atoms with Crippen LogP contribution in [0.3, 0.4) is 0 Å². The van der Waals surface area contributed by atoms with Crippen molar-refractivity contribution in [2.45, 2.75) is 64.0 Å². The molecule has 0 spiro atoms. The number of hydrogen-bond acceptors (Lipinski definition) is 6. The predicted octanol–water partition coefficient (Wildman–Crippen LogP) is 4.56. The first-order chi connectivity index (χ1) is 16.2. The fourth-order valence-electron chi connectivity index (χ4n) is 4.65. The number of nitrogens with two attached hydrogens (primary N) is 1. The highest BCUT2D eigenvalue weighted by Crippen LogP contribution is 2.43. The number of carbonyl (C=O) groups is 1. The number of nitrogens with one attached hydrogen (secondary N) is 2. The van der Waals surface area contributed by atoms with Gasteiger partial charge in [0.05, 0.1) is 6.20 Å². The summed E-state index contributed by atoms with van der Waals surface area (Å²) in [5.74, 6) is -2.86. The van der Waals surface area contributed by atoms with Gasteiger partial charge in [0.15, 0.2) is 17.3 Å². The molecule has 1 aromatic carbocycles. The van der Waals surface area contributed by atoms with E-state index in [1.54, 1.807) is 10.8 Å². The zero-order valence-electron chi connectivity index (χ0n) is 18.7. The SMILES string of the molecule is CC1(C(N)=O)CCC(n2c(Nc3c(F)cc(F)cc3F)nc3cnc(NC4CCC4)nc32)CC1. The second kappa shape index (κ2) is 8.44. The monoisotopic (exact) mass is 473 g/mol. The van der Waals surface area contributed by atoms with Crippen molar-refractivity contribution < 1.29 is 18.0 Å². The van der Waals surface area contributed by atoms with Gasteiger partial charge in [0.1, 0.15) is 17.0 Å². The van der Waals surface area contributed by atoms with Gasteiger partial charge in [0.25, 0.3) is 0 Å². The molecule has 2 aliphatic rings. The van der Waals surface area contributed by atoms with E-state index in [1.807, 2.05) is 6.92 Å². The molecule has 2 aliphatic carbocycles. The van der Waals surface area contributed by atoms with Crippen LogP contribution in [0.4, 0.5) is 30.8 Å². The number of primary amides is 1. The number of aromatic nitrogens is 4. The third kappa shape index (κ3) is 4.03. The van der Waals surface area contributed by atoms with E-state index in [0.717, 1.165) is 19.3 Å². The second-order valence-corrected chi connectivity index (χ2v) is 9.51. The molecular formula is C23H26F3N7O. The number of hydrogen-bond donors (Lipinski definition) is 3. The van der Waals surface area contributed by atoms with Gasteiger partial charge in [-0.2, -0.15) is 4.98 Å². The number of amides is 1. The van der Waals surface area contributed by atoms with Crippen molar-refractivity contribution >= 4 is 34.7 Å². The third-order valence-corrected chi connectivity index (χ3v) is 7.13. The Morgan fingerprint density at radius 3 is 2.38 bits per heavy atom. The highest BCUT2D eigenvalue weighted by Gasteiger charge is 2.38. The quantitative estimate of drug-likeness (QED) is 0.484. The highest BCUT2D eigenvalue weighted by molar-refractivity contribution is 5.80. The number of benzene rings is 1. The number of carbonyl (C=O) groups excluding carboxylic acids is 1. The molecule has 0 aliphatic heterocycles. The first kappa shape index (κ1) is 22.4. The lowest BCUT2D eigenvalue weighted by Gasteiger charge is -2.35. The maximum absolute atomic E-state index is 14.4. The highest BCUT2D eigenvalue weighted by atomic mass is 19.1. The van der Waals surface area contributed by atoms with Gasteiger partial charge >= 0.3 is 0 Å². The molecule has 2 saturated carbocycles. The molecule has 2 fully saturated rings. The molecule has 1 amide bonds. The standard InChI is InChI=1S/C23H26F3N7O/c1-23(20(27)34)7-5-14(6-8-23)33-19-17(11-28-21(32-19)29-13-3-2-4-13)30-22(33)31-18-15(25)9-12(24)10-16(18)26/h9-11,13-14H,2-8H2,1H3,(H2,27,34)(H,30,31)(H,28,29,32). The smallest absolute Gasteiger partial charge is 0.224 e. The van der Waals surface area contributed by atoms with Crippen LogP contribution in [0.5, 0.6) is 0 Å². The van der Waals surface area contributed by atoms with E-state index in [2.05, 4.69) is 25.6 Å². The molecule has 0 saturated heterocycles. The summed E-state index contributed by atoms with van der Waals surface area (Å²) in [5, 5.41) is 6.01. The maximum atomic E-state index is 14.4. The minimum atomic E-state index is -1.07. The zero-order chi connectivity index (χ0) is 24.0. The molecular weight excluding hydrogens is 447 g/mol. The summed E-state index contributed by atoms with van der Waals surface area (Å²) >= 11 is 0. The van der Waals surface area contributed by atoms with Gasteiger partial charge < -0.3 is 16.4 Å². The van der Waals surface area contributed by atoms with Crippen molar-refractivity contribution in [2.24, 2.45) is 11.1 Å². The van der Waals surface area contributed by atoms with Crippen LogP contribution >= 0.6 is 0 Å². The lowest BCUT2D eigenvalue weighted by atomic mass is 9.73. The minimum Gasteiger partial charge on any atom is -0.369 e. The largest absolute Gasteiger partial charge is 0.369 e. The minimum absolute atomic E-state index is 0.141. The van der Waals surface area contributed by atoms with Crippen molar-refractivity contribution in [3.05, 3.63) is 35.8 Å².